The number of thioether (sulfide) groups is 1. The maximum Gasteiger partial charge on any atom is 0.337 e. The molecule has 1 heterocycles. The Morgan fingerprint density at radius 3 is 2.37 bits per heavy atom. The Kier molecular flexibility index (Phi) is 7.34. The molecule has 0 bridgehead atoms. The second-order valence-electron chi connectivity index (χ2n) is 6.16. The third-order valence-corrected chi connectivity index (χ3v) is 5.15. The molecule has 0 fully saturated rings. The van der Waals surface area contributed by atoms with Crippen molar-refractivity contribution in [1.29, 1.82) is 0 Å². The van der Waals surface area contributed by atoms with Crippen LogP contribution in [0.5, 0.6) is 5.75 Å². The molecule has 2 aromatic carbocycles. The molecule has 0 radical (unpaired) electrons. The van der Waals surface area contributed by atoms with Crippen LogP contribution >= 0.6 is 11.8 Å². The second kappa shape index (κ2) is 10.4. The highest BCUT2D eigenvalue weighted by molar-refractivity contribution is 7.98. The number of hydrogen-bond acceptors (Lipinski definition) is 7. The fraction of sp³-hybridized carbons (Fsp3) is 0.130. The number of esters is 1. The van der Waals surface area contributed by atoms with Gasteiger partial charge in [0.1, 0.15) is 5.75 Å². The lowest BCUT2D eigenvalue weighted by Crippen LogP contribution is -2.00. The topological polar surface area (TPSA) is 78.4 Å². The van der Waals surface area contributed by atoms with E-state index in [9.17, 15) is 9.59 Å². The predicted molar refractivity (Wildman–Crippen MR) is 116 cm³/mol. The maximum absolute atomic E-state index is 12.6. The molecule has 30 heavy (non-hydrogen) atoms. The van der Waals surface area contributed by atoms with Crippen LogP contribution in [-0.2, 0) is 10.5 Å². The quantitative estimate of drug-likeness (QED) is 0.175. The van der Waals surface area contributed by atoms with E-state index in [1.54, 1.807) is 68.0 Å². The number of aromatic nitrogens is 2. The molecule has 3 rings (SSSR count). The maximum atomic E-state index is 12.6. The summed E-state index contributed by atoms with van der Waals surface area (Å²) in [5, 5.41) is 0.659. The fourth-order valence-electron chi connectivity index (χ4n) is 2.66. The lowest BCUT2D eigenvalue weighted by Gasteiger charge is -2.09. The Balaban J connectivity index is 1.72. The van der Waals surface area contributed by atoms with E-state index in [0.29, 0.717) is 27.8 Å². The van der Waals surface area contributed by atoms with Gasteiger partial charge in [-0.3, -0.25) is 4.79 Å². The average Bonchev–Trinajstić information content (AvgIpc) is 2.81. The highest BCUT2D eigenvalue weighted by Gasteiger charge is 2.10. The molecule has 3 aromatic rings. The number of rotatable bonds is 8. The normalized spacial score (nSPS) is 10.7. The first-order chi connectivity index (χ1) is 14.6. The molecule has 0 unspecified atom stereocenters. The Morgan fingerprint density at radius 1 is 1.00 bits per heavy atom. The van der Waals surface area contributed by atoms with E-state index < -0.39 is 5.97 Å². The van der Waals surface area contributed by atoms with Crippen LogP contribution in [0.3, 0.4) is 0 Å². The van der Waals surface area contributed by atoms with Gasteiger partial charge in [0.2, 0.25) is 0 Å². The van der Waals surface area contributed by atoms with Gasteiger partial charge in [-0.15, -0.1) is 0 Å². The van der Waals surface area contributed by atoms with Crippen molar-refractivity contribution in [2.45, 2.75) is 10.9 Å². The third kappa shape index (κ3) is 5.55. The molecule has 152 valence electrons. The molecular weight excluding hydrogens is 400 g/mol. The Hall–Kier alpha value is -3.45. The molecule has 0 atom stereocenters. The van der Waals surface area contributed by atoms with Crippen LogP contribution in [0.15, 0.2) is 72.2 Å². The molecule has 1 aromatic heterocycles. The van der Waals surface area contributed by atoms with Crippen LogP contribution in [0.2, 0.25) is 0 Å². The van der Waals surface area contributed by atoms with Crippen LogP contribution in [-0.4, -0.2) is 35.9 Å². The summed E-state index contributed by atoms with van der Waals surface area (Å²) in [6, 6.07) is 13.9. The zero-order valence-electron chi connectivity index (χ0n) is 16.6. The highest BCUT2D eigenvalue weighted by atomic mass is 32.2. The number of carbonyl (C=O) groups excluding carboxylic acids is 2. The monoisotopic (exact) mass is 420 g/mol. The van der Waals surface area contributed by atoms with Crippen molar-refractivity contribution in [1.82, 2.24) is 9.97 Å². The first-order valence-electron chi connectivity index (χ1n) is 9.08. The van der Waals surface area contributed by atoms with Crippen LogP contribution in [0, 0.1) is 0 Å². The molecule has 0 amide bonds. The number of carbonyl (C=O) groups is 2. The van der Waals surface area contributed by atoms with E-state index in [-0.39, 0.29) is 5.78 Å². The summed E-state index contributed by atoms with van der Waals surface area (Å²) in [7, 11) is 2.94. The Bertz CT molecular complexity index is 1050. The summed E-state index contributed by atoms with van der Waals surface area (Å²) < 4.78 is 10.1. The molecule has 0 saturated carbocycles. The number of hydrogen-bond donors (Lipinski definition) is 0. The number of ketones is 1. The van der Waals surface area contributed by atoms with Crippen molar-refractivity contribution >= 4 is 29.6 Å². The van der Waals surface area contributed by atoms with E-state index in [1.165, 1.54) is 24.9 Å². The van der Waals surface area contributed by atoms with Crippen LogP contribution in [0.25, 0.3) is 6.08 Å². The van der Waals surface area contributed by atoms with Gasteiger partial charge in [0.15, 0.2) is 10.9 Å². The highest BCUT2D eigenvalue weighted by Crippen LogP contribution is 2.27. The number of ether oxygens (including phenoxy) is 2. The first-order valence-corrected chi connectivity index (χ1v) is 10.1. The lowest BCUT2D eigenvalue weighted by atomic mass is 10.1. The van der Waals surface area contributed by atoms with Crippen molar-refractivity contribution in [3.8, 4) is 5.75 Å². The summed E-state index contributed by atoms with van der Waals surface area (Å²) >= 11 is 1.47. The Labute approximate surface area is 179 Å². The first kappa shape index (κ1) is 21.3. The molecule has 0 spiro atoms. The predicted octanol–water partition coefficient (Wildman–Crippen LogP) is 4.46. The second-order valence-corrected chi connectivity index (χ2v) is 7.10. The number of allylic oxidation sites excluding steroid dienone is 1. The SMILES string of the molecule is COC(=O)c1ccc(/C=C/C(=O)c2ccc(OC)c(CSc3ncccn3)c2)cc1. The minimum Gasteiger partial charge on any atom is -0.496 e. The van der Waals surface area contributed by atoms with Crippen molar-refractivity contribution in [3.63, 3.8) is 0 Å². The minimum atomic E-state index is -0.397. The molecule has 0 aliphatic rings. The van der Waals surface area contributed by atoms with E-state index in [4.69, 9.17) is 4.74 Å². The number of benzene rings is 2. The number of methoxy groups -OCH3 is 2. The average molecular weight is 420 g/mol. The minimum absolute atomic E-state index is 0.128. The molecule has 6 nitrogen and oxygen atoms in total. The van der Waals surface area contributed by atoms with Gasteiger partial charge in [-0.2, -0.15) is 0 Å². The number of nitrogens with zero attached hydrogens (tertiary/aromatic N) is 2. The van der Waals surface area contributed by atoms with Gasteiger partial charge in [-0.05, 0) is 48.0 Å². The molecule has 0 saturated heterocycles. The van der Waals surface area contributed by atoms with Crippen molar-refractivity contribution in [2.75, 3.05) is 14.2 Å². The summed E-state index contributed by atoms with van der Waals surface area (Å²) in [5.74, 6) is 0.757. The zero-order chi connectivity index (χ0) is 21.3. The van der Waals surface area contributed by atoms with E-state index in [0.717, 1.165) is 11.1 Å². The summed E-state index contributed by atoms with van der Waals surface area (Å²) in [6.45, 7) is 0. The smallest absolute Gasteiger partial charge is 0.337 e. The van der Waals surface area contributed by atoms with E-state index >= 15 is 0 Å². The Morgan fingerprint density at radius 2 is 1.70 bits per heavy atom. The third-order valence-electron chi connectivity index (χ3n) is 4.22. The van der Waals surface area contributed by atoms with Gasteiger partial charge in [0, 0.05) is 29.3 Å². The van der Waals surface area contributed by atoms with Crippen LogP contribution in [0.4, 0.5) is 0 Å². The van der Waals surface area contributed by atoms with Crippen LogP contribution < -0.4 is 4.74 Å². The summed E-state index contributed by atoms with van der Waals surface area (Å²) in [5.41, 5.74) is 2.71. The van der Waals surface area contributed by atoms with E-state index in [1.807, 2.05) is 6.07 Å². The molecule has 7 heteroatoms. The van der Waals surface area contributed by atoms with Crippen LogP contribution in [0.1, 0.15) is 31.8 Å². The van der Waals surface area contributed by atoms with Gasteiger partial charge in [0.05, 0.1) is 19.8 Å². The van der Waals surface area contributed by atoms with E-state index in [2.05, 4.69) is 14.7 Å². The van der Waals surface area contributed by atoms with Gasteiger partial charge in [0.25, 0.3) is 0 Å². The van der Waals surface area contributed by atoms with Gasteiger partial charge in [-0.1, -0.05) is 30.0 Å². The zero-order valence-corrected chi connectivity index (χ0v) is 17.4. The fourth-order valence-corrected chi connectivity index (χ4v) is 3.44. The van der Waals surface area contributed by atoms with Crippen molar-refractivity contribution in [3.05, 3.63) is 89.3 Å². The van der Waals surface area contributed by atoms with Crippen molar-refractivity contribution in [2.24, 2.45) is 0 Å². The molecular formula is C23H20N2O4S. The summed E-state index contributed by atoms with van der Waals surface area (Å²) in [6.07, 6.45) is 6.59. The lowest BCUT2D eigenvalue weighted by molar-refractivity contribution is 0.0600. The largest absolute Gasteiger partial charge is 0.496 e. The van der Waals surface area contributed by atoms with Gasteiger partial charge < -0.3 is 9.47 Å². The summed E-state index contributed by atoms with van der Waals surface area (Å²) in [4.78, 5) is 32.5. The molecule has 0 N–H and O–H groups in total. The molecule has 0 aliphatic heterocycles. The van der Waals surface area contributed by atoms with Crippen molar-refractivity contribution < 1.29 is 19.1 Å². The van der Waals surface area contributed by atoms with Gasteiger partial charge in [-0.25, -0.2) is 14.8 Å². The standard InChI is InChI=1S/C23H20N2O4S/c1-28-21-11-9-18(14-19(21)15-30-23-24-12-3-13-25-23)20(26)10-6-16-4-7-17(8-5-16)22(27)29-2/h3-14H,15H2,1-2H3/b10-6+. The molecule has 0 aliphatic carbocycles. The van der Waals surface area contributed by atoms with Gasteiger partial charge >= 0.3 is 5.97 Å².